The number of nitrogens with two attached hydrogens (primary N) is 1. The molecule has 0 bridgehead atoms. The maximum atomic E-state index is 11.5. The second-order valence-corrected chi connectivity index (χ2v) is 7.79. The average molecular weight is 294 g/mol. The Morgan fingerprint density at radius 3 is 2.30 bits per heavy atom. The lowest BCUT2D eigenvalue weighted by atomic mass is 9.86. The number of nitrogen functional groups attached to an aromatic ring is 1. The Labute approximate surface area is 118 Å². The summed E-state index contributed by atoms with van der Waals surface area (Å²) in [5.74, 6) is 0.373. The number of anilines is 1. The Bertz CT molecular complexity index is 700. The van der Waals surface area contributed by atoms with Crippen molar-refractivity contribution in [1.82, 2.24) is 5.16 Å². The number of benzene rings is 1. The SMILES string of the molecule is CC(C)(CS(C)(=O)=O)c1ccc(-c2cc(N)on2)cc1. The third-order valence-electron chi connectivity index (χ3n) is 3.11. The molecule has 0 atom stereocenters. The molecule has 108 valence electrons. The van der Waals surface area contributed by atoms with E-state index in [1.54, 1.807) is 6.07 Å². The van der Waals surface area contributed by atoms with E-state index in [0.29, 0.717) is 5.69 Å². The lowest BCUT2D eigenvalue weighted by Gasteiger charge is -2.24. The Kier molecular flexibility index (Phi) is 3.60. The molecule has 1 aromatic heterocycles. The van der Waals surface area contributed by atoms with Crippen molar-refractivity contribution in [2.45, 2.75) is 19.3 Å². The predicted octanol–water partition coefficient (Wildman–Crippen LogP) is 2.25. The standard InChI is InChI=1S/C14H18N2O3S/c1-14(2,9-20(3,17)18)11-6-4-10(5-7-11)12-8-13(15)19-16-12/h4-8H,9,15H2,1-3H3. The van der Waals surface area contributed by atoms with E-state index in [0.717, 1.165) is 11.1 Å². The summed E-state index contributed by atoms with van der Waals surface area (Å²) in [7, 11) is -3.03. The van der Waals surface area contributed by atoms with Gasteiger partial charge in [-0.15, -0.1) is 0 Å². The molecule has 0 amide bonds. The van der Waals surface area contributed by atoms with Crippen LogP contribution in [0.2, 0.25) is 0 Å². The molecule has 0 aliphatic rings. The van der Waals surface area contributed by atoms with E-state index in [1.165, 1.54) is 6.26 Å². The van der Waals surface area contributed by atoms with E-state index in [-0.39, 0.29) is 11.6 Å². The molecular formula is C14H18N2O3S. The molecule has 1 aromatic carbocycles. The summed E-state index contributed by atoms with van der Waals surface area (Å²) in [5.41, 5.74) is 7.56. The zero-order valence-corrected chi connectivity index (χ0v) is 12.6. The van der Waals surface area contributed by atoms with Crippen LogP contribution in [0.1, 0.15) is 19.4 Å². The third-order valence-corrected chi connectivity index (χ3v) is 4.36. The van der Waals surface area contributed by atoms with Crippen molar-refractivity contribution < 1.29 is 12.9 Å². The summed E-state index contributed by atoms with van der Waals surface area (Å²) >= 11 is 0. The minimum atomic E-state index is -3.03. The summed E-state index contributed by atoms with van der Waals surface area (Å²) < 4.78 is 27.8. The number of rotatable bonds is 4. The van der Waals surface area contributed by atoms with Crippen LogP contribution in [0.25, 0.3) is 11.3 Å². The molecule has 2 rings (SSSR count). The molecule has 1 heterocycles. The van der Waals surface area contributed by atoms with Crippen molar-refractivity contribution >= 4 is 15.7 Å². The molecule has 0 aliphatic carbocycles. The first-order chi connectivity index (χ1) is 9.17. The van der Waals surface area contributed by atoms with E-state index >= 15 is 0 Å². The first-order valence-electron chi connectivity index (χ1n) is 6.18. The number of hydrogen-bond acceptors (Lipinski definition) is 5. The summed E-state index contributed by atoms with van der Waals surface area (Å²) in [4.78, 5) is 0. The van der Waals surface area contributed by atoms with E-state index in [2.05, 4.69) is 5.16 Å². The monoisotopic (exact) mass is 294 g/mol. The van der Waals surface area contributed by atoms with E-state index in [9.17, 15) is 8.42 Å². The highest BCUT2D eigenvalue weighted by Gasteiger charge is 2.25. The van der Waals surface area contributed by atoms with Crippen molar-refractivity contribution in [3.05, 3.63) is 35.9 Å². The lowest BCUT2D eigenvalue weighted by molar-refractivity contribution is 0.439. The summed E-state index contributed by atoms with van der Waals surface area (Å²) in [6.45, 7) is 3.83. The van der Waals surface area contributed by atoms with Gasteiger partial charge in [0.2, 0.25) is 5.88 Å². The van der Waals surface area contributed by atoms with Crippen LogP contribution in [0.4, 0.5) is 5.88 Å². The fourth-order valence-corrected chi connectivity index (χ4v) is 3.73. The van der Waals surface area contributed by atoms with Gasteiger partial charge < -0.3 is 10.3 Å². The Balaban J connectivity index is 2.28. The molecule has 20 heavy (non-hydrogen) atoms. The van der Waals surface area contributed by atoms with Gasteiger partial charge in [-0.3, -0.25) is 0 Å². The smallest absolute Gasteiger partial charge is 0.222 e. The first kappa shape index (κ1) is 14.6. The van der Waals surface area contributed by atoms with Gasteiger partial charge in [0.15, 0.2) is 0 Å². The van der Waals surface area contributed by atoms with Crippen molar-refractivity contribution in [2.24, 2.45) is 0 Å². The third kappa shape index (κ3) is 3.39. The van der Waals surface area contributed by atoms with Gasteiger partial charge in [-0.1, -0.05) is 43.3 Å². The minimum Gasteiger partial charge on any atom is -0.368 e. The molecule has 2 N–H and O–H groups in total. The summed E-state index contributed by atoms with van der Waals surface area (Å²) in [6, 6.07) is 9.24. The second-order valence-electron chi connectivity index (χ2n) is 5.65. The molecule has 2 aromatic rings. The Morgan fingerprint density at radius 2 is 1.85 bits per heavy atom. The summed E-state index contributed by atoms with van der Waals surface area (Å²) in [5, 5.41) is 3.84. The maximum Gasteiger partial charge on any atom is 0.222 e. The summed E-state index contributed by atoms with van der Waals surface area (Å²) in [6.07, 6.45) is 1.25. The van der Waals surface area contributed by atoms with Gasteiger partial charge in [0.1, 0.15) is 15.5 Å². The highest BCUT2D eigenvalue weighted by atomic mass is 32.2. The van der Waals surface area contributed by atoms with Crippen molar-refractivity contribution in [3.63, 3.8) is 0 Å². The van der Waals surface area contributed by atoms with Crippen LogP contribution in [-0.2, 0) is 15.3 Å². The van der Waals surface area contributed by atoms with Crippen molar-refractivity contribution in [2.75, 3.05) is 17.7 Å². The van der Waals surface area contributed by atoms with Crippen LogP contribution in [0, 0.1) is 0 Å². The molecule has 0 radical (unpaired) electrons. The predicted molar refractivity (Wildman–Crippen MR) is 79.1 cm³/mol. The highest BCUT2D eigenvalue weighted by Crippen LogP contribution is 2.28. The van der Waals surface area contributed by atoms with Gasteiger partial charge in [-0.25, -0.2) is 8.42 Å². The van der Waals surface area contributed by atoms with Crippen LogP contribution in [0.3, 0.4) is 0 Å². The number of aromatic nitrogens is 1. The topological polar surface area (TPSA) is 86.2 Å². The number of nitrogens with zero attached hydrogens (tertiary/aromatic N) is 1. The van der Waals surface area contributed by atoms with Crippen LogP contribution >= 0.6 is 0 Å². The van der Waals surface area contributed by atoms with E-state index in [4.69, 9.17) is 10.3 Å². The van der Waals surface area contributed by atoms with Gasteiger partial charge in [0, 0.05) is 23.3 Å². The Hall–Kier alpha value is -1.82. The van der Waals surface area contributed by atoms with E-state index < -0.39 is 15.3 Å². The van der Waals surface area contributed by atoms with Crippen LogP contribution in [-0.4, -0.2) is 25.6 Å². The van der Waals surface area contributed by atoms with Crippen molar-refractivity contribution in [1.29, 1.82) is 0 Å². The molecular weight excluding hydrogens is 276 g/mol. The lowest BCUT2D eigenvalue weighted by Crippen LogP contribution is -2.27. The zero-order valence-electron chi connectivity index (χ0n) is 11.8. The van der Waals surface area contributed by atoms with E-state index in [1.807, 2.05) is 38.1 Å². The fraction of sp³-hybridized carbons (Fsp3) is 0.357. The maximum absolute atomic E-state index is 11.5. The van der Waals surface area contributed by atoms with Crippen LogP contribution in [0.5, 0.6) is 0 Å². The molecule has 6 heteroatoms. The zero-order chi connectivity index (χ0) is 15.0. The largest absolute Gasteiger partial charge is 0.368 e. The second kappa shape index (κ2) is 4.94. The fourth-order valence-electron chi connectivity index (χ4n) is 2.26. The Morgan fingerprint density at radius 1 is 1.25 bits per heavy atom. The van der Waals surface area contributed by atoms with Gasteiger partial charge in [-0.05, 0) is 5.56 Å². The molecule has 5 nitrogen and oxygen atoms in total. The molecule has 0 unspecified atom stereocenters. The quantitative estimate of drug-likeness (QED) is 0.934. The normalized spacial score (nSPS) is 12.6. The van der Waals surface area contributed by atoms with Gasteiger partial charge in [-0.2, -0.15) is 0 Å². The highest BCUT2D eigenvalue weighted by molar-refractivity contribution is 7.90. The number of sulfone groups is 1. The first-order valence-corrected chi connectivity index (χ1v) is 8.24. The van der Waals surface area contributed by atoms with Gasteiger partial charge in [0.05, 0.1) is 5.75 Å². The molecule has 0 saturated carbocycles. The van der Waals surface area contributed by atoms with Crippen LogP contribution < -0.4 is 5.73 Å². The molecule has 0 saturated heterocycles. The average Bonchev–Trinajstić information content (AvgIpc) is 2.73. The van der Waals surface area contributed by atoms with Gasteiger partial charge in [0.25, 0.3) is 0 Å². The number of hydrogen-bond donors (Lipinski definition) is 1. The van der Waals surface area contributed by atoms with Crippen LogP contribution in [0.15, 0.2) is 34.9 Å². The molecule has 0 spiro atoms. The molecule has 0 fully saturated rings. The minimum absolute atomic E-state index is 0.107. The molecule has 0 aliphatic heterocycles. The van der Waals surface area contributed by atoms with Crippen molar-refractivity contribution in [3.8, 4) is 11.3 Å². The van der Waals surface area contributed by atoms with Gasteiger partial charge >= 0.3 is 0 Å².